The van der Waals surface area contributed by atoms with Crippen LogP contribution in [0.3, 0.4) is 0 Å². The Balaban J connectivity index is 1.32. The molecule has 138 valence electrons. The third-order valence-corrected chi connectivity index (χ3v) is 5.40. The number of rotatable bonds is 6. The fourth-order valence-electron chi connectivity index (χ4n) is 3.96. The molecule has 1 saturated carbocycles. The lowest BCUT2D eigenvalue weighted by Gasteiger charge is -2.37. The van der Waals surface area contributed by atoms with Crippen LogP contribution in [-0.4, -0.2) is 61.1 Å². The molecule has 3 rings (SSSR count). The first-order chi connectivity index (χ1) is 12.2. The van der Waals surface area contributed by atoms with Crippen molar-refractivity contribution in [3.63, 3.8) is 0 Å². The Kier molecular flexibility index (Phi) is 6.84. The quantitative estimate of drug-likeness (QED) is 0.798. The van der Waals surface area contributed by atoms with Crippen LogP contribution < -0.4 is 5.73 Å². The van der Waals surface area contributed by atoms with Gasteiger partial charge in [0.25, 0.3) is 0 Å². The van der Waals surface area contributed by atoms with Crippen molar-refractivity contribution in [2.45, 2.75) is 38.3 Å². The van der Waals surface area contributed by atoms with Gasteiger partial charge >= 0.3 is 5.97 Å². The Morgan fingerprint density at radius 3 is 2.52 bits per heavy atom. The van der Waals surface area contributed by atoms with E-state index in [0.29, 0.717) is 19.2 Å². The molecule has 5 heteroatoms. The Morgan fingerprint density at radius 1 is 1.08 bits per heavy atom. The summed E-state index contributed by atoms with van der Waals surface area (Å²) >= 11 is 0. The van der Waals surface area contributed by atoms with Gasteiger partial charge in [-0.25, -0.2) is 0 Å². The Hall–Kier alpha value is -1.43. The second-order valence-electron chi connectivity index (χ2n) is 7.52. The molecule has 2 aliphatic rings. The van der Waals surface area contributed by atoms with Gasteiger partial charge in [0.05, 0.1) is 6.54 Å². The van der Waals surface area contributed by atoms with Crippen LogP contribution in [0.1, 0.15) is 31.2 Å². The largest absolute Gasteiger partial charge is 0.460 e. The van der Waals surface area contributed by atoms with E-state index in [1.165, 1.54) is 32.2 Å². The second kappa shape index (κ2) is 9.32. The van der Waals surface area contributed by atoms with Crippen LogP contribution >= 0.6 is 0 Å². The smallest absolute Gasteiger partial charge is 0.320 e. The number of carbonyl (C=O) groups is 1. The molecule has 25 heavy (non-hydrogen) atoms. The normalized spacial score (nSPS) is 25.6. The van der Waals surface area contributed by atoms with Crippen molar-refractivity contribution in [1.29, 1.82) is 0 Å². The summed E-state index contributed by atoms with van der Waals surface area (Å²) in [4.78, 5) is 16.8. The molecule has 0 radical (unpaired) electrons. The summed E-state index contributed by atoms with van der Waals surface area (Å²) in [6, 6.07) is 10.2. The lowest BCUT2D eigenvalue weighted by Crippen LogP contribution is -2.49. The Morgan fingerprint density at radius 2 is 1.80 bits per heavy atom. The van der Waals surface area contributed by atoms with E-state index in [4.69, 9.17) is 10.5 Å². The topological polar surface area (TPSA) is 58.8 Å². The molecule has 1 aromatic rings. The summed E-state index contributed by atoms with van der Waals surface area (Å²) in [7, 11) is 0. The van der Waals surface area contributed by atoms with Crippen molar-refractivity contribution in [2.24, 2.45) is 11.7 Å². The number of esters is 1. The number of nitrogens with two attached hydrogens (primary N) is 1. The van der Waals surface area contributed by atoms with Crippen LogP contribution in [-0.2, 0) is 16.1 Å². The van der Waals surface area contributed by atoms with Gasteiger partial charge in [-0.15, -0.1) is 0 Å². The highest BCUT2D eigenvalue weighted by Gasteiger charge is 2.24. The molecular formula is C20H31N3O2. The van der Waals surface area contributed by atoms with Gasteiger partial charge in [0.2, 0.25) is 0 Å². The molecule has 0 aromatic heterocycles. The average molecular weight is 345 g/mol. The van der Waals surface area contributed by atoms with Crippen molar-refractivity contribution >= 4 is 5.97 Å². The molecule has 1 aliphatic carbocycles. The Bertz CT molecular complexity index is 529. The van der Waals surface area contributed by atoms with Crippen LogP contribution in [0.5, 0.6) is 0 Å². The molecule has 1 heterocycles. The molecule has 2 fully saturated rings. The second-order valence-corrected chi connectivity index (χ2v) is 7.52. The van der Waals surface area contributed by atoms with E-state index < -0.39 is 0 Å². The maximum absolute atomic E-state index is 12.0. The standard InChI is InChI=1S/C20H31N3O2/c21-19-8-4-7-18(13-19)14-22-9-11-23(12-10-22)15-20(24)25-16-17-5-2-1-3-6-17/h1-3,5-6,18-19H,4,7-16,21H2/t18-,19+/m1/s1. The molecule has 5 nitrogen and oxygen atoms in total. The molecule has 0 spiro atoms. The summed E-state index contributed by atoms with van der Waals surface area (Å²) in [6.07, 6.45) is 4.96. The highest BCUT2D eigenvalue weighted by atomic mass is 16.5. The van der Waals surface area contributed by atoms with Crippen molar-refractivity contribution in [2.75, 3.05) is 39.3 Å². The highest BCUT2D eigenvalue weighted by Crippen LogP contribution is 2.24. The molecule has 1 aliphatic heterocycles. The third-order valence-electron chi connectivity index (χ3n) is 5.40. The lowest BCUT2D eigenvalue weighted by molar-refractivity contribution is -0.146. The number of piperazine rings is 1. The minimum absolute atomic E-state index is 0.129. The number of ether oxygens (including phenoxy) is 1. The maximum Gasteiger partial charge on any atom is 0.320 e. The zero-order chi connectivity index (χ0) is 17.5. The van der Waals surface area contributed by atoms with E-state index in [-0.39, 0.29) is 5.97 Å². The predicted molar refractivity (Wildman–Crippen MR) is 99.1 cm³/mol. The fourth-order valence-corrected chi connectivity index (χ4v) is 3.96. The predicted octanol–water partition coefficient (Wildman–Crippen LogP) is 1.86. The Labute approximate surface area is 151 Å². The van der Waals surface area contributed by atoms with E-state index >= 15 is 0 Å². The number of hydrogen-bond acceptors (Lipinski definition) is 5. The molecule has 2 atom stereocenters. The van der Waals surface area contributed by atoms with E-state index in [1.54, 1.807) is 0 Å². The van der Waals surface area contributed by atoms with Crippen molar-refractivity contribution in [3.8, 4) is 0 Å². The first kappa shape index (κ1) is 18.4. The van der Waals surface area contributed by atoms with Crippen LogP contribution in [0, 0.1) is 5.92 Å². The number of benzene rings is 1. The van der Waals surface area contributed by atoms with Gasteiger partial charge in [-0.3, -0.25) is 9.69 Å². The lowest BCUT2D eigenvalue weighted by atomic mass is 9.86. The van der Waals surface area contributed by atoms with Crippen molar-refractivity contribution < 1.29 is 9.53 Å². The summed E-state index contributed by atoms with van der Waals surface area (Å²) in [6.45, 7) is 5.89. The van der Waals surface area contributed by atoms with Crippen LogP contribution in [0.15, 0.2) is 30.3 Å². The van der Waals surface area contributed by atoms with E-state index in [2.05, 4.69) is 9.80 Å². The summed E-state index contributed by atoms with van der Waals surface area (Å²) < 4.78 is 5.38. The first-order valence-corrected chi connectivity index (χ1v) is 9.59. The SMILES string of the molecule is N[C@H]1CCC[C@@H](CN2CCN(CC(=O)OCc3ccccc3)CC2)C1. The van der Waals surface area contributed by atoms with Gasteiger partial charge in [0.15, 0.2) is 0 Å². The third kappa shape index (κ3) is 6.10. The van der Waals surface area contributed by atoms with E-state index in [1.807, 2.05) is 30.3 Å². The van der Waals surface area contributed by atoms with Gasteiger partial charge in [-0.1, -0.05) is 36.8 Å². The van der Waals surface area contributed by atoms with Crippen LogP contribution in [0.4, 0.5) is 0 Å². The summed E-state index contributed by atoms with van der Waals surface area (Å²) in [5.74, 6) is 0.627. The monoisotopic (exact) mass is 345 g/mol. The highest BCUT2D eigenvalue weighted by molar-refractivity contribution is 5.71. The first-order valence-electron chi connectivity index (χ1n) is 9.59. The zero-order valence-corrected chi connectivity index (χ0v) is 15.1. The van der Waals surface area contributed by atoms with E-state index in [9.17, 15) is 4.79 Å². The van der Waals surface area contributed by atoms with Crippen molar-refractivity contribution in [3.05, 3.63) is 35.9 Å². The molecule has 2 N–H and O–H groups in total. The fraction of sp³-hybridized carbons (Fsp3) is 0.650. The number of hydrogen-bond donors (Lipinski definition) is 1. The van der Waals surface area contributed by atoms with Crippen molar-refractivity contribution in [1.82, 2.24) is 9.80 Å². The van der Waals surface area contributed by atoms with E-state index in [0.717, 1.165) is 37.7 Å². The molecule has 1 saturated heterocycles. The van der Waals surface area contributed by atoms with Crippen LogP contribution in [0.25, 0.3) is 0 Å². The van der Waals surface area contributed by atoms with Gasteiger partial charge < -0.3 is 15.4 Å². The van der Waals surface area contributed by atoms with Gasteiger partial charge in [0.1, 0.15) is 6.61 Å². The minimum Gasteiger partial charge on any atom is -0.460 e. The number of nitrogens with zero attached hydrogens (tertiary/aromatic N) is 2. The molecule has 0 bridgehead atoms. The summed E-state index contributed by atoms with van der Waals surface area (Å²) in [5.41, 5.74) is 7.13. The molecular weight excluding hydrogens is 314 g/mol. The molecule has 0 unspecified atom stereocenters. The van der Waals surface area contributed by atoms with Crippen LogP contribution in [0.2, 0.25) is 0 Å². The maximum atomic E-state index is 12.0. The van der Waals surface area contributed by atoms with Gasteiger partial charge in [-0.2, -0.15) is 0 Å². The molecule has 0 amide bonds. The molecule has 1 aromatic carbocycles. The van der Waals surface area contributed by atoms with Gasteiger partial charge in [-0.05, 0) is 30.7 Å². The number of carbonyl (C=O) groups excluding carboxylic acids is 1. The zero-order valence-electron chi connectivity index (χ0n) is 15.1. The minimum atomic E-state index is -0.129. The van der Waals surface area contributed by atoms with Gasteiger partial charge in [0, 0.05) is 38.8 Å². The average Bonchev–Trinajstić information content (AvgIpc) is 2.63. The summed E-state index contributed by atoms with van der Waals surface area (Å²) in [5, 5.41) is 0.